The predicted molar refractivity (Wildman–Crippen MR) is 82.7 cm³/mol. The summed E-state index contributed by atoms with van der Waals surface area (Å²) in [5, 5.41) is 3.20. The van der Waals surface area contributed by atoms with Gasteiger partial charge in [-0.15, -0.1) is 0 Å². The van der Waals surface area contributed by atoms with E-state index in [4.69, 9.17) is 5.73 Å². The zero-order chi connectivity index (χ0) is 14.6. The van der Waals surface area contributed by atoms with Gasteiger partial charge in [-0.3, -0.25) is 4.79 Å². The number of para-hydroxylation sites is 1. The molecule has 4 nitrogen and oxygen atoms in total. The summed E-state index contributed by atoms with van der Waals surface area (Å²) in [6, 6.07) is 10.3. The van der Waals surface area contributed by atoms with E-state index < -0.39 is 5.54 Å². The molecule has 1 amide bonds. The fourth-order valence-corrected chi connectivity index (χ4v) is 3.41. The molecule has 4 heteroatoms. The summed E-state index contributed by atoms with van der Waals surface area (Å²) in [6.45, 7) is 0.936. The Morgan fingerprint density at radius 2 is 2.15 bits per heavy atom. The molecular weight excluding hydrogens is 250 g/mol. The molecule has 1 aromatic carbocycles. The molecule has 0 aliphatic heterocycles. The molecule has 1 aliphatic carbocycles. The van der Waals surface area contributed by atoms with Crippen molar-refractivity contribution >= 4 is 11.6 Å². The van der Waals surface area contributed by atoms with Crippen LogP contribution in [0.15, 0.2) is 30.3 Å². The lowest BCUT2D eigenvalue weighted by atomic mass is 9.84. The van der Waals surface area contributed by atoms with E-state index in [2.05, 4.69) is 29.4 Å². The minimum Gasteiger partial charge on any atom is -0.375 e. The Morgan fingerprint density at radius 1 is 1.45 bits per heavy atom. The molecule has 0 aromatic heterocycles. The van der Waals surface area contributed by atoms with E-state index in [9.17, 15) is 4.79 Å². The Hall–Kier alpha value is -1.55. The molecule has 2 rings (SSSR count). The molecule has 1 saturated carbocycles. The van der Waals surface area contributed by atoms with Crippen LogP contribution in [-0.2, 0) is 4.79 Å². The molecule has 0 spiro atoms. The monoisotopic (exact) mass is 275 g/mol. The van der Waals surface area contributed by atoms with Crippen molar-refractivity contribution in [2.24, 2.45) is 11.7 Å². The second kappa shape index (κ2) is 6.27. The summed E-state index contributed by atoms with van der Waals surface area (Å²) in [7, 11) is 3.94. The van der Waals surface area contributed by atoms with E-state index in [1.54, 1.807) is 0 Å². The summed E-state index contributed by atoms with van der Waals surface area (Å²) < 4.78 is 0. The van der Waals surface area contributed by atoms with Crippen LogP contribution in [0.25, 0.3) is 0 Å². The average molecular weight is 275 g/mol. The minimum absolute atomic E-state index is 0.204. The van der Waals surface area contributed by atoms with Crippen LogP contribution in [0.1, 0.15) is 25.7 Å². The second-order valence-corrected chi connectivity index (χ2v) is 5.72. The zero-order valence-corrected chi connectivity index (χ0v) is 12.4. The number of likely N-dealkylation sites (N-methyl/N-ethyl adjacent to an activating group) is 1. The molecule has 2 atom stereocenters. The van der Waals surface area contributed by atoms with Crippen LogP contribution in [0, 0.1) is 5.92 Å². The van der Waals surface area contributed by atoms with Gasteiger partial charge in [-0.1, -0.05) is 24.6 Å². The number of primary amides is 1. The lowest BCUT2D eigenvalue weighted by Crippen LogP contribution is -2.56. The van der Waals surface area contributed by atoms with Crippen LogP contribution in [-0.4, -0.2) is 32.1 Å². The first-order valence-corrected chi connectivity index (χ1v) is 7.35. The standard InChI is InChI=1S/C16H25N3O/c1-18-16(15(17)20)11-6-7-13(16)10-12-19(2)14-8-4-3-5-9-14/h3-5,8-9,13,18H,6-7,10-12H2,1-2H3,(H2,17,20). The van der Waals surface area contributed by atoms with Gasteiger partial charge in [0.15, 0.2) is 0 Å². The molecule has 0 bridgehead atoms. The van der Waals surface area contributed by atoms with Crippen molar-refractivity contribution in [1.29, 1.82) is 0 Å². The number of hydrogen-bond donors (Lipinski definition) is 2. The average Bonchev–Trinajstić information content (AvgIpc) is 2.90. The van der Waals surface area contributed by atoms with E-state index in [-0.39, 0.29) is 5.91 Å². The Morgan fingerprint density at radius 3 is 2.75 bits per heavy atom. The van der Waals surface area contributed by atoms with Gasteiger partial charge in [-0.2, -0.15) is 0 Å². The highest BCUT2D eigenvalue weighted by Gasteiger charge is 2.46. The first kappa shape index (κ1) is 14.9. The van der Waals surface area contributed by atoms with Gasteiger partial charge in [0.25, 0.3) is 0 Å². The maximum absolute atomic E-state index is 11.8. The van der Waals surface area contributed by atoms with Crippen LogP contribution < -0.4 is 16.0 Å². The highest BCUT2D eigenvalue weighted by Crippen LogP contribution is 2.37. The number of anilines is 1. The quantitative estimate of drug-likeness (QED) is 0.831. The van der Waals surface area contributed by atoms with Crippen molar-refractivity contribution in [3.8, 4) is 0 Å². The summed E-state index contributed by atoms with van der Waals surface area (Å²) in [6.07, 6.45) is 3.99. The fraction of sp³-hybridized carbons (Fsp3) is 0.562. The smallest absolute Gasteiger partial charge is 0.238 e. The summed E-state index contributed by atoms with van der Waals surface area (Å²) in [5.41, 5.74) is 6.34. The normalized spacial score (nSPS) is 25.6. The van der Waals surface area contributed by atoms with E-state index >= 15 is 0 Å². The van der Waals surface area contributed by atoms with Gasteiger partial charge >= 0.3 is 0 Å². The number of amides is 1. The third-order valence-electron chi connectivity index (χ3n) is 4.72. The number of carbonyl (C=O) groups excluding carboxylic acids is 1. The van der Waals surface area contributed by atoms with E-state index in [1.165, 1.54) is 5.69 Å². The minimum atomic E-state index is -0.502. The molecule has 1 aromatic rings. The molecule has 2 unspecified atom stereocenters. The number of nitrogens with zero attached hydrogens (tertiary/aromatic N) is 1. The first-order valence-electron chi connectivity index (χ1n) is 7.35. The lowest BCUT2D eigenvalue weighted by molar-refractivity contribution is -0.125. The molecule has 1 fully saturated rings. The topological polar surface area (TPSA) is 58.4 Å². The van der Waals surface area contributed by atoms with Gasteiger partial charge in [0, 0.05) is 19.3 Å². The fourth-order valence-electron chi connectivity index (χ4n) is 3.41. The number of nitrogens with one attached hydrogen (secondary N) is 1. The van der Waals surface area contributed by atoms with E-state index in [1.807, 2.05) is 25.2 Å². The maximum Gasteiger partial charge on any atom is 0.238 e. The van der Waals surface area contributed by atoms with Gasteiger partial charge < -0.3 is 16.0 Å². The van der Waals surface area contributed by atoms with Gasteiger partial charge in [0.05, 0.1) is 0 Å². The molecule has 20 heavy (non-hydrogen) atoms. The van der Waals surface area contributed by atoms with Crippen molar-refractivity contribution in [2.45, 2.75) is 31.2 Å². The Balaban J connectivity index is 1.98. The predicted octanol–water partition coefficient (Wildman–Crippen LogP) is 1.76. The third-order valence-corrected chi connectivity index (χ3v) is 4.72. The second-order valence-electron chi connectivity index (χ2n) is 5.72. The molecule has 110 valence electrons. The first-order chi connectivity index (χ1) is 9.60. The highest BCUT2D eigenvalue weighted by molar-refractivity contribution is 5.85. The van der Waals surface area contributed by atoms with Crippen molar-refractivity contribution in [2.75, 3.05) is 25.5 Å². The maximum atomic E-state index is 11.8. The molecule has 0 heterocycles. The summed E-state index contributed by atoms with van der Waals surface area (Å²) >= 11 is 0. The number of benzene rings is 1. The van der Waals surface area contributed by atoms with Gasteiger partial charge in [-0.25, -0.2) is 0 Å². The number of hydrogen-bond acceptors (Lipinski definition) is 3. The van der Waals surface area contributed by atoms with Gasteiger partial charge in [0.2, 0.25) is 5.91 Å². The van der Waals surface area contributed by atoms with Crippen molar-refractivity contribution in [1.82, 2.24) is 5.32 Å². The Kier molecular flexibility index (Phi) is 4.65. The van der Waals surface area contributed by atoms with Crippen LogP contribution in [0.2, 0.25) is 0 Å². The lowest BCUT2D eigenvalue weighted by Gasteiger charge is -2.33. The zero-order valence-electron chi connectivity index (χ0n) is 12.4. The third kappa shape index (κ3) is 2.80. The molecule has 0 saturated heterocycles. The Bertz CT molecular complexity index is 448. The SMILES string of the molecule is CNC1(C(N)=O)CCCC1CCN(C)c1ccccc1. The van der Waals surface area contributed by atoms with Crippen LogP contribution in [0.3, 0.4) is 0 Å². The molecular formula is C16H25N3O. The van der Waals surface area contributed by atoms with Crippen LogP contribution in [0.5, 0.6) is 0 Å². The van der Waals surface area contributed by atoms with Crippen molar-refractivity contribution in [3.63, 3.8) is 0 Å². The summed E-state index contributed by atoms with van der Waals surface area (Å²) in [4.78, 5) is 14.1. The number of nitrogens with two attached hydrogens (primary N) is 1. The molecule has 0 radical (unpaired) electrons. The van der Waals surface area contributed by atoms with Crippen LogP contribution in [0.4, 0.5) is 5.69 Å². The van der Waals surface area contributed by atoms with E-state index in [0.29, 0.717) is 5.92 Å². The van der Waals surface area contributed by atoms with Crippen LogP contribution >= 0.6 is 0 Å². The summed E-state index contributed by atoms with van der Waals surface area (Å²) in [5.74, 6) is 0.126. The van der Waals surface area contributed by atoms with Gasteiger partial charge in [0.1, 0.15) is 5.54 Å². The van der Waals surface area contributed by atoms with Gasteiger partial charge in [-0.05, 0) is 44.4 Å². The molecule has 3 N–H and O–H groups in total. The number of rotatable bonds is 6. The largest absolute Gasteiger partial charge is 0.375 e. The highest BCUT2D eigenvalue weighted by atomic mass is 16.1. The van der Waals surface area contributed by atoms with E-state index in [0.717, 1.165) is 32.2 Å². The van der Waals surface area contributed by atoms with Crippen molar-refractivity contribution < 1.29 is 4.79 Å². The number of carbonyl (C=O) groups is 1. The Labute approximate surface area is 121 Å². The van der Waals surface area contributed by atoms with Crippen molar-refractivity contribution in [3.05, 3.63) is 30.3 Å². The molecule has 1 aliphatic rings.